The second kappa shape index (κ2) is 5.87. The number of Topliss-reactive ketones (excluding diaryl/α,β-unsaturated/α-hetero) is 1. The fraction of sp³-hybridized carbons (Fsp3) is 0.250. The van der Waals surface area contributed by atoms with E-state index in [-0.39, 0.29) is 11.6 Å². The van der Waals surface area contributed by atoms with Crippen LogP contribution in [0, 0.1) is 5.82 Å². The topological polar surface area (TPSA) is 44.9 Å². The quantitative estimate of drug-likeness (QED) is 0.758. The molecule has 0 amide bonds. The Morgan fingerprint density at radius 1 is 1.17 bits per heavy atom. The van der Waals surface area contributed by atoms with E-state index in [0.29, 0.717) is 17.5 Å². The zero-order valence-corrected chi connectivity index (χ0v) is 13.6. The smallest absolute Gasteiger partial charge is 0.163 e. The largest absolute Gasteiger partial charge is 0.354 e. The molecule has 1 aliphatic rings. The van der Waals surface area contributed by atoms with E-state index in [1.807, 2.05) is 7.05 Å². The predicted molar refractivity (Wildman–Crippen MR) is 93.7 cm³/mol. The van der Waals surface area contributed by atoms with Crippen LogP contribution < -0.4 is 5.32 Å². The minimum Gasteiger partial charge on any atom is -0.354 e. The molecule has 0 spiro atoms. The van der Waals surface area contributed by atoms with Crippen molar-refractivity contribution in [1.29, 1.82) is 0 Å². The highest BCUT2D eigenvalue weighted by atomic mass is 19.1. The van der Waals surface area contributed by atoms with E-state index < -0.39 is 0 Å². The third kappa shape index (κ3) is 2.43. The zero-order valence-electron chi connectivity index (χ0n) is 13.6. The van der Waals surface area contributed by atoms with Crippen molar-refractivity contribution < 1.29 is 9.18 Å². The van der Waals surface area contributed by atoms with E-state index in [1.165, 1.54) is 17.7 Å². The summed E-state index contributed by atoms with van der Waals surface area (Å²) in [5.41, 5.74) is 5.65. The highest BCUT2D eigenvalue weighted by Crippen LogP contribution is 2.36. The van der Waals surface area contributed by atoms with Crippen LogP contribution in [0.25, 0.3) is 22.2 Å². The Kier molecular flexibility index (Phi) is 3.69. The van der Waals surface area contributed by atoms with E-state index in [1.54, 1.807) is 0 Å². The van der Waals surface area contributed by atoms with Gasteiger partial charge in [0, 0.05) is 35.1 Å². The molecule has 0 aliphatic heterocycles. The molecular weight excluding hydrogens is 303 g/mol. The molecule has 0 radical (unpaired) electrons. The molecule has 122 valence electrons. The minimum atomic E-state index is -0.364. The first-order valence-corrected chi connectivity index (χ1v) is 8.28. The Hall–Kier alpha value is -2.46. The summed E-state index contributed by atoms with van der Waals surface area (Å²) in [5, 5.41) is 4.03. The minimum absolute atomic E-state index is 0.0353. The maximum atomic E-state index is 13.9. The average Bonchev–Trinajstić information content (AvgIpc) is 2.84. The number of aromatic amines is 1. The molecule has 2 aromatic carbocycles. The summed E-state index contributed by atoms with van der Waals surface area (Å²) >= 11 is 0. The molecule has 0 saturated carbocycles. The van der Waals surface area contributed by atoms with Gasteiger partial charge in [0.05, 0.1) is 0 Å². The number of nitrogens with one attached hydrogen (secondary N) is 2. The number of aryl methyl sites for hydroxylation is 1. The van der Waals surface area contributed by atoms with Gasteiger partial charge in [0.1, 0.15) is 5.82 Å². The van der Waals surface area contributed by atoms with Crippen LogP contribution in [-0.2, 0) is 13.0 Å². The van der Waals surface area contributed by atoms with Crippen molar-refractivity contribution in [3.8, 4) is 11.3 Å². The van der Waals surface area contributed by atoms with Gasteiger partial charge in [-0.25, -0.2) is 4.39 Å². The first-order chi connectivity index (χ1) is 11.7. The summed E-state index contributed by atoms with van der Waals surface area (Å²) in [6, 6.07) is 11.2. The van der Waals surface area contributed by atoms with Crippen molar-refractivity contribution in [1.82, 2.24) is 10.3 Å². The molecule has 0 atom stereocenters. The Labute approximate surface area is 139 Å². The number of aromatic nitrogens is 1. The first-order valence-electron chi connectivity index (χ1n) is 8.28. The number of hydrogen-bond acceptors (Lipinski definition) is 2. The van der Waals surface area contributed by atoms with Gasteiger partial charge >= 0.3 is 0 Å². The molecule has 0 bridgehead atoms. The standard InChI is InChI=1S/C20H19FN2O/c1-22-11-12-5-7-13(8-6-12)20-15-3-2-4-18(24)16-9-14(21)10-17(23-20)19(15)16/h5-10,22-23H,2-4,11H2,1H3. The van der Waals surface area contributed by atoms with Crippen LogP contribution in [0.5, 0.6) is 0 Å². The summed E-state index contributed by atoms with van der Waals surface area (Å²) in [7, 11) is 1.92. The molecule has 24 heavy (non-hydrogen) atoms. The first kappa shape index (κ1) is 15.1. The van der Waals surface area contributed by atoms with Gasteiger partial charge in [0.25, 0.3) is 0 Å². The van der Waals surface area contributed by atoms with Crippen molar-refractivity contribution in [3.05, 3.63) is 58.9 Å². The maximum Gasteiger partial charge on any atom is 0.163 e. The Morgan fingerprint density at radius 3 is 2.71 bits per heavy atom. The molecule has 3 nitrogen and oxygen atoms in total. The van der Waals surface area contributed by atoms with Crippen LogP contribution in [0.2, 0.25) is 0 Å². The fourth-order valence-corrected chi connectivity index (χ4v) is 3.64. The van der Waals surface area contributed by atoms with Crippen LogP contribution in [0.15, 0.2) is 36.4 Å². The van der Waals surface area contributed by atoms with Gasteiger partial charge < -0.3 is 10.3 Å². The van der Waals surface area contributed by atoms with Crippen LogP contribution in [0.3, 0.4) is 0 Å². The molecule has 3 aromatic rings. The number of rotatable bonds is 3. The van der Waals surface area contributed by atoms with Crippen molar-refractivity contribution in [2.45, 2.75) is 25.8 Å². The van der Waals surface area contributed by atoms with Crippen molar-refractivity contribution in [2.75, 3.05) is 7.05 Å². The van der Waals surface area contributed by atoms with Gasteiger partial charge in [-0.3, -0.25) is 4.79 Å². The normalized spacial score (nSPS) is 14.2. The monoisotopic (exact) mass is 322 g/mol. The fourth-order valence-electron chi connectivity index (χ4n) is 3.64. The van der Waals surface area contributed by atoms with E-state index in [9.17, 15) is 9.18 Å². The molecule has 1 aromatic heterocycles. The van der Waals surface area contributed by atoms with E-state index >= 15 is 0 Å². The lowest BCUT2D eigenvalue weighted by Gasteiger charge is -2.05. The van der Waals surface area contributed by atoms with Gasteiger partial charge in [0.15, 0.2) is 5.78 Å². The number of carbonyl (C=O) groups is 1. The molecule has 0 fully saturated rings. The second-order valence-corrected chi connectivity index (χ2v) is 6.36. The van der Waals surface area contributed by atoms with Gasteiger partial charge in [-0.1, -0.05) is 24.3 Å². The lowest BCUT2D eigenvalue weighted by atomic mass is 9.99. The second-order valence-electron chi connectivity index (χ2n) is 6.36. The number of benzene rings is 2. The molecule has 0 saturated heterocycles. The van der Waals surface area contributed by atoms with Gasteiger partial charge in [-0.2, -0.15) is 0 Å². The summed E-state index contributed by atoms with van der Waals surface area (Å²) in [6.07, 6.45) is 2.11. The van der Waals surface area contributed by atoms with Crippen LogP contribution in [0.4, 0.5) is 4.39 Å². The third-order valence-electron chi connectivity index (χ3n) is 4.72. The number of halogens is 1. The highest BCUT2D eigenvalue weighted by molar-refractivity contribution is 6.11. The number of H-pyrrole nitrogens is 1. The Balaban J connectivity index is 1.91. The van der Waals surface area contributed by atoms with E-state index in [0.717, 1.165) is 41.6 Å². The van der Waals surface area contributed by atoms with Crippen LogP contribution in [-0.4, -0.2) is 17.8 Å². The molecule has 0 unspecified atom stereocenters. The zero-order chi connectivity index (χ0) is 16.7. The van der Waals surface area contributed by atoms with Crippen molar-refractivity contribution >= 4 is 16.7 Å². The SMILES string of the molecule is CNCc1ccc(-c2[nH]c3cc(F)cc4c3c2CCCC4=O)cc1. The third-order valence-corrected chi connectivity index (χ3v) is 4.72. The van der Waals surface area contributed by atoms with Crippen molar-refractivity contribution in [2.24, 2.45) is 0 Å². The van der Waals surface area contributed by atoms with Crippen molar-refractivity contribution in [3.63, 3.8) is 0 Å². The molecule has 1 heterocycles. The molecule has 2 N–H and O–H groups in total. The predicted octanol–water partition coefficient (Wildman–Crippen LogP) is 4.21. The highest BCUT2D eigenvalue weighted by Gasteiger charge is 2.23. The summed E-state index contributed by atoms with van der Waals surface area (Å²) in [5.74, 6) is -0.329. The van der Waals surface area contributed by atoms with Gasteiger partial charge in [-0.05, 0) is 48.7 Å². The molecule has 4 rings (SSSR count). The molecule has 1 aliphatic carbocycles. The summed E-state index contributed by atoms with van der Waals surface area (Å²) < 4.78 is 13.9. The Morgan fingerprint density at radius 2 is 1.96 bits per heavy atom. The molecular formula is C20H19FN2O. The number of carbonyl (C=O) groups excluding carboxylic acids is 1. The number of ketones is 1. The van der Waals surface area contributed by atoms with E-state index in [4.69, 9.17) is 0 Å². The Bertz CT molecular complexity index is 925. The average molecular weight is 322 g/mol. The van der Waals surface area contributed by atoms with Gasteiger partial charge in [-0.15, -0.1) is 0 Å². The maximum absolute atomic E-state index is 13.9. The molecule has 4 heteroatoms. The lowest BCUT2D eigenvalue weighted by molar-refractivity contribution is 0.0982. The van der Waals surface area contributed by atoms with Crippen LogP contribution in [0.1, 0.15) is 34.3 Å². The number of hydrogen-bond donors (Lipinski definition) is 2. The van der Waals surface area contributed by atoms with Crippen LogP contribution >= 0.6 is 0 Å². The summed E-state index contributed by atoms with van der Waals surface area (Å²) in [6.45, 7) is 0.823. The van der Waals surface area contributed by atoms with E-state index in [2.05, 4.69) is 34.6 Å². The van der Waals surface area contributed by atoms with Gasteiger partial charge in [0.2, 0.25) is 0 Å². The lowest BCUT2D eigenvalue weighted by Crippen LogP contribution is -2.04. The summed E-state index contributed by atoms with van der Waals surface area (Å²) in [4.78, 5) is 15.7.